The van der Waals surface area contributed by atoms with Crippen LogP contribution in [0.15, 0.2) is 0 Å². The van der Waals surface area contributed by atoms with Gasteiger partial charge in [0.2, 0.25) is 0 Å². The fraction of sp³-hybridized carbons (Fsp3) is 1.00. The third-order valence-electron chi connectivity index (χ3n) is 3.58. The molecule has 0 saturated carbocycles. The summed E-state index contributed by atoms with van der Waals surface area (Å²) in [4.78, 5) is 0. The lowest BCUT2D eigenvalue weighted by Gasteiger charge is -2.38. The van der Waals surface area contributed by atoms with Gasteiger partial charge in [-0.15, -0.1) is 0 Å². The zero-order valence-electron chi connectivity index (χ0n) is 12.5. The van der Waals surface area contributed by atoms with Gasteiger partial charge in [-0.3, -0.25) is 0 Å². The molecule has 0 spiro atoms. The third kappa shape index (κ3) is 5.34. The van der Waals surface area contributed by atoms with E-state index in [0.717, 1.165) is 19.1 Å². The van der Waals surface area contributed by atoms with Crippen LogP contribution in [0.3, 0.4) is 0 Å². The molecule has 1 heteroatoms. The van der Waals surface area contributed by atoms with Gasteiger partial charge < -0.3 is 4.74 Å². The van der Waals surface area contributed by atoms with Crippen LogP contribution in [-0.4, -0.2) is 13.2 Å². The van der Waals surface area contributed by atoms with Crippen molar-refractivity contribution < 1.29 is 4.74 Å². The maximum absolute atomic E-state index is 5.91. The van der Waals surface area contributed by atoms with Gasteiger partial charge in [0.1, 0.15) is 0 Å². The molecule has 0 N–H and O–H groups in total. The summed E-state index contributed by atoms with van der Waals surface area (Å²) in [7, 11) is 0. The highest BCUT2D eigenvalue weighted by molar-refractivity contribution is 4.82. The summed E-state index contributed by atoms with van der Waals surface area (Å²) in [5, 5.41) is 0. The van der Waals surface area contributed by atoms with Crippen molar-refractivity contribution in [1.29, 1.82) is 0 Å². The molecule has 0 bridgehead atoms. The zero-order valence-corrected chi connectivity index (χ0v) is 12.5. The van der Waals surface area contributed by atoms with Crippen molar-refractivity contribution in [3.05, 3.63) is 0 Å². The molecule has 0 saturated heterocycles. The van der Waals surface area contributed by atoms with E-state index in [1.807, 2.05) is 0 Å². The van der Waals surface area contributed by atoms with Crippen molar-refractivity contribution in [2.75, 3.05) is 13.2 Å². The van der Waals surface area contributed by atoms with E-state index in [9.17, 15) is 0 Å². The van der Waals surface area contributed by atoms with Gasteiger partial charge in [-0.05, 0) is 36.0 Å². The fourth-order valence-electron chi connectivity index (χ4n) is 2.43. The highest BCUT2D eigenvalue weighted by atomic mass is 16.5. The first kappa shape index (κ1) is 16.0. The van der Waals surface area contributed by atoms with Crippen LogP contribution in [0, 0.1) is 23.2 Å². The Labute approximate surface area is 103 Å². The van der Waals surface area contributed by atoms with Crippen LogP contribution in [0.2, 0.25) is 0 Å². The Kier molecular flexibility index (Phi) is 7.30. The van der Waals surface area contributed by atoms with Crippen molar-refractivity contribution in [3.8, 4) is 0 Å². The minimum Gasteiger partial charge on any atom is -0.381 e. The van der Waals surface area contributed by atoms with E-state index in [1.165, 1.54) is 12.8 Å². The minimum absolute atomic E-state index is 0.378. The first-order valence-electron chi connectivity index (χ1n) is 6.91. The van der Waals surface area contributed by atoms with Crippen LogP contribution >= 0.6 is 0 Å². The van der Waals surface area contributed by atoms with E-state index >= 15 is 0 Å². The monoisotopic (exact) mass is 228 g/mol. The lowest BCUT2D eigenvalue weighted by Crippen LogP contribution is -2.34. The second-order valence-corrected chi connectivity index (χ2v) is 6.38. The quantitative estimate of drug-likeness (QED) is 0.582. The van der Waals surface area contributed by atoms with E-state index in [1.54, 1.807) is 0 Å². The van der Waals surface area contributed by atoms with Gasteiger partial charge in [-0.1, -0.05) is 48.5 Å². The summed E-state index contributed by atoms with van der Waals surface area (Å²) in [6.45, 7) is 17.9. The van der Waals surface area contributed by atoms with Crippen molar-refractivity contribution in [3.63, 3.8) is 0 Å². The molecular weight excluding hydrogens is 196 g/mol. The maximum atomic E-state index is 5.91. The van der Waals surface area contributed by atoms with Gasteiger partial charge in [0.15, 0.2) is 0 Å². The summed E-state index contributed by atoms with van der Waals surface area (Å²) in [6, 6.07) is 0. The van der Waals surface area contributed by atoms with E-state index in [0.29, 0.717) is 17.3 Å². The Morgan fingerprint density at radius 1 is 0.938 bits per heavy atom. The number of hydrogen-bond acceptors (Lipinski definition) is 1. The van der Waals surface area contributed by atoms with E-state index in [2.05, 4.69) is 48.5 Å². The average molecular weight is 228 g/mol. The molecule has 0 aromatic rings. The molecule has 1 unspecified atom stereocenters. The number of rotatable bonds is 8. The van der Waals surface area contributed by atoms with Gasteiger partial charge >= 0.3 is 0 Å². The molecule has 1 atom stereocenters. The molecule has 0 radical (unpaired) electrons. The molecular formula is C15H32O. The van der Waals surface area contributed by atoms with Crippen LogP contribution < -0.4 is 0 Å². The topological polar surface area (TPSA) is 9.23 Å². The Balaban J connectivity index is 4.39. The maximum Gasteiger partial charge on any atom is 0.0524 e. The van der Waals surface area contributed by atoms with Crippen molar-refractivity contribution in [2.24, 2.45) is 23.2 Å². The molecule has 0 aromatic carbocycles. The van der Waals surface area contributed by atoms with E-state index in [4.69, 9.17) is 4.74 Å². The molecule has 0 aliphatic heterocycles. The summed E-state index contributed by atoms with van der Waals surface area (Å²) in [5.41, 5.74) is 0.378. The molecule has 0 aliphatic carbocycles. The molecule has 1 nitrogen and oxygen atoms in total. The summed E-state index contributed by atoms with van der Waals surface area (Å²) >= 11 is 0. The fourth-order valence-corrected chi connectivity index (χ4v) is 2.43. The second-order valence-electron chi connectivity index (χ2n) is 6.38. The van der Waals surface area contributed by atoms with Gasteiger partial charge in [0.25, 0.3) is 0 Å². The smallest absolute Gasteiger partial charge is 0.0524 e. The minimum atomic E-state index is 0.378. The number of ether oxygens (including phenoxy) is 1. The van der Waals surface area contributed by atoms with Crippen LogP contribution in [0.1, 0.15) is 61.3 Å². The van der Waals surface area contributed by atoms with E-state index in [-0.39, 0.29) is 0 Å². The molecule has 0 aromatic heterocycles. The van der Waals surface area contributed by atoms with Crippen molar-refractivity contribution >= 4 is 0 Å². The Hall–Kier alpha value is -0.0400. The molecule has 0 rings (SSSR count). The SMILES string of the molecule is CCC(COCC(C)C)(CC(C)C)C(C)C. The van der Waals surface area contributed by atoms with Crippen LogP contribution in [0.4, 0.5) is 0 Å². The van der Waals surface area contributed by atoms with Gasteiger partial charge in [0, 0.05) is 6.61 Å². The van der Waals surface area contributed by atoms with E-state index < -0.39 is 0 Å². The predicted octanol–water partition coefficient (Wildman–Crippen LogP) is 4.76. The normalized spacial score (nSPS) is 16.1. The van der Waals surface area contributed by atoms with Crippen LogP contribution in [0.25, 0.3) is 0 Å². The molecule has 98 valence electrons. The summed E-state index contributed by atoms with van der Waals surface area (Å²) in [6.07, 6.45) is 2.50. The molecule has 16 heavy (non-hydrogen) atoms. The first-order chi connectivity index (χ1) is 7.34. The van der Waals surface area contributed by atoms with Crippen LogP contribution in [-0.2, 0) is 4.74 Å². The van der Waals surface area contributed by atoms with Gasteiger partial charge in [-0.25, -0.2) is 0 Å². The van der Waals surface area contributed by atoms with Gasteiger partial charge in [-0.2, -0.15) is 0 Å². The summed E-state index contributed by atoms with van der Waals surface area (Å²) in [5.74, 6) is 2.10. The lowest BCUT2D eigenvalue weighted by molar-refractivity contribution is -0.0109. The Morgan fingerprint density at radius 3 is 1.81 bits per heavy atom. The zero-order chi connectivity index (χ0) is 12.8. The van der Waals surface area contributed by atoms with Crippen molar-refractivity contribution in [1.82, 2.24) is 0 Å². The summed E-state index contributed by atoms with van der Waals surface area (Å²) < 4.78 is 5.91. The molecule has 0 aliphatic rings. The number of hydrogen-bond donors (Lipinski definition) is 0. The molecule has 0 amide bonds. The lowest BCUT2D eigenvalue weighted by atomic mass is 9.70. The first-order valence-corrected chi connectivity index (χ1v) is 6.91. The second kappa shape index (κ2) is 7.32. The highest BCUT2D eigenvalue weighted by Crippen LogP contribution is 2.38. The average Bonchev–Trinajstić information content (AvgIpc) is 2.14. The van der Waals surface area contributed by atoms with Crippen LogP contribution in [0.5, 0.6) is 0 Å². The Bertz CT molecular complexity index is 172. The molecule has 0 fully saturated rings. The third-order valence-corrected chi connectivity index (χ3v) is 3.58. The largest absolute Gasteiger partial charge is 0.381 e. The Morgan fingerprint density at radius 2 is 1.50 bits per heavy atom. The molecule has 0 heterocycles. The highest BCUT2D eigenvalue weighted by Gasteiger charge is 2.32. The predicted molar refractivity (Wildman–Crippen MR) is 72.7 cm³/mol. The van der Waals surface area contributed by atoms with Crippen molar-refractivity contribution in [2.45, 2.75) is 61.3 Å². The van der Waals surface area contributed by atoms with Gasteiger partial charge in [0.05, 0.1) is 6.61 Å². The standard InChI is InChI=1S/C15H32O/c1-8-15(14(6)7,9-12(2)3)11-16-10-13(4)5/h12-14H,8-11H2,1-7H3.